The molecule has 0 radical (unpaired) electrons. The second kappa shape index (κ2) is 5.78. The van der Waals surface area contributed by atoms with E-state index in [-0.39, 0.29) is 5.91 Å². The number of aromatic nitrogens is 1. The number of nitriles is 1. The second-order valence-corrected chi connectivity index (χ2v) is 5.71. The van der Waals surface area contributed by atoms with Gasteiger partial charge in [-0.05, 0) is 26.0 Å². The van der Waals surface area contributed by atoms with Gasteiger partial charge in [-0.2, -0.15) is 5.26 Å². The monoisotopic (exact) mass is 292 g/mol. The zero-order chi connectivity index (χ0) is 14.8. The zero-order valence-electron chi connectivity index (χ0n) is 11.6. The third-order valence-electron chi connectivity index (χ3n) is 3.61. The van der Waals surface area contributed by atoms with Crippen molar-refractivity contribution < 1.29 is 4.79 Å². The third kappa shape index (κ3) is 3.09. The predicted molar refractivity (Wildman–Crippen MR) is 76.4 cm³/mol. The van der Waals surface area contributed by atoms with Crippen LogP contribution in [0.5, 0.6) is 0 Å². The lowest BCUT2D eigenvalue weighted by molar-refractivity contribution is 0.0520. The van der Waals surface area contributed by atoms with Crippen molar-refractivity contribution in [3.63, 3.8) is 0 Å². The quantitative estimate of drug-likeness (QED) is 0.780. The summed E-state index contributed by atoms with van der Waals surface area (Å²) in [6, 6.07) is 5.59. The van der Waals surface area contributed by atoms with Crippen molar-refractivity contribution in [1.82, 2.24) is 14.8 Å². The third-order valence-corrected chi connectivity index (χ3v) is 3.83. The summed E-state index contributed by atoms with van der Waals surface area (Å²) in [7, 11) is 0. The van der Waals surface area contributed by atoms with Crippen LogP contribution in [-0.4, -0.2) is 52.4 Å². The van der Waals surface area contributed by atoms with Crippen LogP contribution in [-0.2, 0) is 0 Å². The number of piperazine rings is 1. The Kier molecular flexibility index (Phi) is 4.26. The first kappa shape index (κ1) is 14.8. The first-order valence-electron chi connectivity index (χ1n) is 6.51. The molecule has 1 amide bonds. The molecule has 1 aliphatic heterocycles. The Labute approximate surface area is 123 Å². The van der Waals surface area contributed by atoms with Gasteiger partial charge in [-0.25, -0.2) is 4.98 Å². The van der Waals surface area contributed by atoms with Crippen LogP contribution in [0.1, 0.15) is 24.2 Å². The molecule has 0 unspecified atom stereocenters. The Morgan fingerprint density at radius 1 is 1.35 bits per heavy atom. The summed E-state index contributed by atoms with van der Waals surface area (Å²) >= 11 is 5.71. The standard InChI is InChI=1S/C14H17ClN4O/c1-14(2,10-16)19-7-5-18(6-8-19)13(20)11-3-4-12(15)17-9-11/h3-4,9H,5-8H2,1-2H3. The molecule has 5 nitrogen and oxygen atoms in total. The molecule has 2 heterocycles. The van der Waals surface area contributed by atoms with Gasteiger partial charge in [-0.1, -0.05) is 11.6 Å². The van der Waals surface area contributed by atoms with E-state index in [0.717, 1.165) is 0 Å². The summed E-state index contributed by atoms with van der Waals surface area (Å²) in [5, 5.41) is 9.51. The molecule has 0 aromatic carbocycles. The summed E-state index contributed by atoms with van der Waals surface area (Å²) in [5.41, 5.74) is 0.0548. The van der Waals surface area contributed by atoms with E-state index in [1.54, 1.807) is 17.0 Å². The van der Waals surface area contributed by atoms with Crippen molar-refractivity contribution in [3.8, 4) is 6.07 Å². The van der Waals surface area contributed by atoms with Crippen LogP contribution in [0, 0.1) is 11.3 Å². The van der Waals surface area contributed by atoms with Crippen LogP contribution in [0.2, 0.25) is 5.15 Å². The summed E-state index contributed by atoms with van der Waals surface area (Å²) in [5.74, 6) is -0.0384. The summed E-state index contributed by atoms with van der Waals surface area (Å²) in [6.45, 7) is 6.43. The zero-order valence-corrected chi connectivity index (χ0v) is 12.4. The first-order chi connectivity index (χ1) is 9.44. The van der Waals surface area contributed by atoms with Crippen molar-refractivity contribution >= 4 is 17.5 Å². The maximum Gasteiger partial charge on any atom is 0.255 e. The Morgan fingerprint density at radius 2 is 2.00 bits per heavy atom. The highest BCUT2D eigenvalue weighted by Gasteiger charge is 2.31. The molecule has 20 heavy (non-hydrogen) atoms. The molecule has 106 valence electrons. The molecular weight excluding hydrogens is 276 g/mol. The number of pyridine rings is 1. The van der Waals surface area contributed by atoms with Gasteiger partial charge >= 0.3 is 0 Å². The molecular formula is C14H17ClN4O. The van der Waals surface area contributed by atoms with Gasteiger partial charge in [0.15, 0.2) is 0 Å². The Hall–Kier alpha value is -1.64. The van der Waals surface area contributed by atoms with Gasteiger partial charge in [0.2, 0.25) is 0 Å². The van der Waals surface area contributed by atoms with Crippen LogP contribution < -0.4 is 0 Å². The van der Waals surface area contributed by atoms with Crippen LogP contribution in [0.3, 0.4) is 0 Å². The van der Waals surface area contributed by atoms with Crippen LogP contribution in [0.4, 0.5) is 0 Å². The number of hydrogen-bond acceptors (Lipinski definition) is 4. The molecule has 0 aliphatic carbocycles. The highest BCUT2D eigenvalue weighted by molar-refractivity contribution is 6.29. The fourth-order valence-corrected chi connectivity index (χ4v) is 2.34. The predicted octanol–water partition coefficient (Wildman–Crippen LogP) is 1.79. The van der Waals surface area contributed by atoms with Crippen molar-refractivity contribution in [2.75, 3.05) is 26.2 Å². The largest absolute Gasteiger partial charge is 0.336 e. The van der Waals surface area contributed by atoms with E-state index in [9.17, 15) is 4.79 Å². The summed E-state index contributed by atoms with van der Waals surface area (Å²) in [6.07, 6.45) is 1.50. The minimum absolute atomic E-state index is 0.0384. The molecule has 1 saturated heterocycles. The van der Waals surface area contributed by atoms with Gasteiger partial charge in [0, 0.05) is 32.4 Å². The maximum absolute atomic E-state index is 12.3. The van der Waals surface area contributed by atoms with Crippen molar-refractivity contribution in [2.45, 2.75) is 19.4 Å². The van der Waals surface area contributed by atoms with Gasteiger partial charge in [0.05, 0.1) is 11.6 Å². The number of carbonyl (C=O) groups is 1. The highest BCUT2D eigenvalue weighted by Crippen LogP contribution is 2.17. The summed E-state index contributed by atoms with van der Waals surface area (Å²) < 4.78 is 0. The highest BCUT2D eigenvalue weighted by atomic mass is 35.5. The molecule has 6 heteroatoms. The van der Waals surface area contributed by atoms with E-state index >= 15 is 0 Å². The molecule has 0 bridgehead atoms. The average Bonchev–Trinajstić information content (AvgIpc) is 2.47. The molecule has 1 aromatic heterocycles. The molecule has 0 saturated carbocycles. The molecule has 0 spiro atoms. The molecule has 1 fully saturated rings. The Bertz CT molecular complexity index is 527. The topological polar surface area (TPSA) is 60.2 Å². The fourth-order valence-electron chi connectivity index (χ4n) is 2.22. The van der Waals surface area contributed by atoms with Crippen LogP contribution in [0.15, 0.2) is 18.3 Å². The Balaban J connectivity index is 1.99. The van der Waals surface area contributed by atoms with Gasteiger partial charge in [0.25, 0.3) is 5.91 Å². The van der Waals surface area contributed by atoms with E-state index in [1.165, 1.54) is 6.20 Å². The lowest BCUT2D eigenvalue weighted by atomic mass is 10.0. The lowest BCUT2D eigenvalue weighted by Crippen LogP contribution is -2.55. The fraction of sp³-hybridized carbons (Fsp3) is 0.500. The van der Waals surface area contributed by atoms with Gasteiger partial charge in [-0.3, -0.25) is 9.69 Å². The molecule has 0 N–H and O–H groups in total. The van der Waals surface area contributed by atoms with Crippen molar-refractivity contribution in [3.05, 3.63) is 29.0 Å². The van der Waals surface area contributed by atoms with E-state index in [1.807, 2.05) is 13.8 Å². The molecule has 0 atom stereocenters. The molecule has 1 aromatic rings. The van der Waals surface area contributed by atoms with E-state index in [4.69, 9.17) is 16.9 Å². The van der Waals surface area contributed by atoms with Crippen molar-refractivity contribution in [2.24, 2.45) is 0 Å². The molecule has 2 rings (SSSR count). The number of hydrogen-bond donors (Lipinski definition) is 0. The van der Waals surface area contributed by atoms with E-state index in [0.29, 0.717) is 36.9 Å². The Morgan fingerprint density at radius 3 is 2.50 bits per heavy atom. The SMILES string of the molecule is CC(C)(C#N)N1CCN(C(=O)c2ccc(Cl)nc2)CC1. The number of halogens is 1. The number of nitrogens with zero attached hydrogens (tertiary/aromatic N) is 4. The summed E-state index contributed by atoms with van der Waals surface area (Å²) in [4.78, 5) is 20.1. The number of amides is 1. The first-order valence-corrected chi connectivity index (χ1v) is 6.89. The van der Waals surface area contributed by atoms with Crippen molar-refractivity contribution in [1.29, 1.82) is 5.26 Å². The van der Waals surface area contributed by atoms with Gasteiger partial charge < -0.3 is 4.90 Å². The minimum Gasteiger partial charge on any atom is -0.336 e. The molecule has 1 aliphatic rings. The smallest absolute Gasteiger partial charge is 0.255 e. The van der Waals surface area contributed by atoms with Gasteiger partial charge in [0.1, 0.15) is 10.7 Å². The van der Waals surface area contributed by atoms with E-state index in [2.05, 4.69) is 16.0 Å². The van der Waals surface area contributed by atoms with Crippen LogP contribution in [0.25, 0.3) is 0 Å². The number of rotatable bonds is 2. The minimum atomic E-state index is -0.489. The van der Waals surface area contributed by atoms with Crippen LogP contribution >= 0.6 is 11.6 Å². The van der Waals surface area contributed by atoms with Gasteiger partial charge in [-0.15, -0.1) is 0 Å². The number of carbonyl (C=O) groups excluding carboxylic acids is 1. The van der Waals surface area contributed by atoms with E-state index < -0.39 is 5.54 Å². The second-order valence-electron chi connectivity index (χ2n) is 5.32. The average molecular weight is 293 g/mol. The normalized spacial score (nSPS) is 16.8. The lowest BCUT2D eigenvalue weighted by Gasteiger charge is -2.40. The maximum atomic E-state index is 12.3.